The molecule has 0 radical (unpaired) electrons. The van der Waals surface area contributed by atoms with Crippen molar-refractivity contribution in [3.05, 3.63) is 528 Å². The zero-order valence-corrected chi connectivity index (χ0v) is 81.3. The van der Waals surface area contributed by atoms with Crippen LogP contribution in [-0.2, 0) is 0 Å². The van der Waals surface area contributed by atoms with Gasteiger partial charge in [-0.3, -0.25) is 0 Å². The van der Waals surface area contributed by atoms with E-state index in [1.165, 1.54) is 157 Å². The molecule has 0 fully saturated rings. The zero-order valence-electron chi connectivity index (χ0n) is 81.3. The van der Waals surface area contributed by atoms with Crippen molar-refractivity contribution >= 4 is 162 Å². The van der Waals surface area contributed by atoms with Crippen molar-refractivity contribution in [2.45, 2.75) is 0 Å². The average molecular weight is 1910 g/mol. The van der Waals surface area contributed by atoms with Gasteiger partial charge in [-0.25, -0.2) is 44.9 Å². The summed E-state index contributed by atoms with van der Waals surface area (Å²) in [6.45, 7) is 0. The van der Waals surface area contributed by atoms with Crippen molar-refractivity contribution in [2.24, 2.45) is 0 Å². The molecule has 30 rings (SSSR count). The Morgan fingerprint density at radius 2 is 0.300 bits per heavy atom. The van der Waals surface area contributed by atoms with Crippen molar-refractivity contribution in [2.75, 3.05) is 0 Å². The molecule has 0 bridgehead atoms. The summed E-state index contributed by atoms with van der Waals surface area (Å²) in [5.74, 6) is 5.84. The van der Waals surface area contributed by atoms with E-state index in [0.29, 0.717) is 52.4 Å². The van der Waals surface area contributed by atoms with Crippen LogP contribution in [0, 0.1) is 0 Å². The maximum Gasteiger partial charge on any atom is 0.164 e. The normalized spacial score (nSPS) is 11.6. The molecule has 0 atom stereocenters. The average Bonchev–Trinajstić information content (AvgIpc) is 0.726. The number of rotatable bonds is 12. The van der Waals surface area contributed by atoms with Gasteiger partial charge in [-0.15, -0.1) is 0 Å². The SMILES string of the molecule is c1ccc(-c2nc(-c3ccccc3)nc(-c3cc(-c4cc5ccccc5c5ccccc45)cc4c5ccccc5c5ccccc5c34)n2)cc1.c1ccc(-c2nc(-c3ccccc3)nc(-c3cc(-c4ccc5c6ccccc6c6ccccc6c5c4)cc4c5ccccc5c5ccccc5c34)n2)cc1.c1ccc(-c2nc(-c3ccccc3)nc(-c3cc(-c4cccc5ccccc45)cc4c5ccccc5c5ccccc5c34)n2)cc1. The summed E-state index contributed by atoms with van der Waals surface area (Å²) in [5.41, 5.74) is 15.5. The quantitative estimate of drug-likeness (QED) is 0.110. The highest BCUT2D eigenvalue weighted by atomic mass is 15.1. The molecule has 0 spiro atoms. The first-order chi connectivity index (χ1) is 74.4. The van der Waals surface area contributed by atoms with E-state index in [1.54, 1.807) is 0 Å². The Hall–Kier alpha value is -20.1. The van der Waals surface area contributed by atoms with E-state index < -0.39 is 0 Å². The van der Waals surface area contributed by atoms with Gasteiger partial charge in [-0.05, 0) is 227 Å². The molecule has 0 saturated heterocycles. The van der Waals surface area contributed by atoms with Crippen LogP contribution in [0.1, 0.15) is 0 Å². The fourth-order valence-corrected chi connectivity index (χ4v) is 22.8. The van der Waals surface area contributed by atoms with Crippen LogP contribution in [0.5, 0.6) is 0 Å². The number of hydrogen-bond donors (Lipinski definition) is 0. The van der Waals surface area contributed by atoms with Crippen LogP contribution in [-0.4, -0.2) is 44.9 Å². The molecule has 9 heteroatoms. The van der Waals surface area contributed by atoms with E-state index in [0.717, 1.165) is 88.5 Å². The Morgan fingerprint density at radius 3 is 0.633 bits per heavy atom. The minimum Gasteiger partial charge on any atom is -0.208 e. The first kappa shape index (κ1) is 87.6. The summed E-state index contributed by atoms with van der Waals surface area (Å²) in [5, 5.41) is 36.3. The molecule has 696 valence electrons. The van der Waals surface area contributed by atoms with Crippen LogP contribution in [0.2, 0.25) is 0 Å². The smallest absolute Gasteiger partial charge is 0.164 e. The lowest BCUT2D eigenvalue weighted by Crippen LogP contribution is -2.01. The largest absolute Gasteiger partial charge is 0.208 e. The highest BCUT2D eigenvalue weighted by molar-refractivity contribution is 6.33. The van der Waals surface area contributed by atoms with E-state index >= 15 is 0 Å². The Labute approximate surface area is 863 Å². The molecular weight excluding hydrogens is 1820 g/mol. The number of nitrogens with zero attached hydrogens (tertiary/aromatic N) is 9. The molecule has 3 aromatic heterocycles. The third kappa shape index (κ3) is 15.5. The summed E-state index contributed by atoms with van der Waals surface area (Å²) in [6.07, 6.45) is 0. The third-order valence-corrected chi connectivity index (χ3v) is 29.6. The molecule has 0 unspecified atom stereocenters. The molecule has 150 heavy (non-hydrogen) atoms. The molecule has 30 aromatic rings. The van der Waals surface area contributed by atoms with Gasteiger partial charge in [0, 0.05) is 66.2 Å². The summed E-state index contributed by atoms with van der Waals surface area (Å²) in [7, 11) is 0. The monoisotopic (exact) mass is 1910 g/mol. The Kier molecular flexibility index (Phi) is 21.8. The lowest BCUT2D eigenvalue weighted by molar-refractivity contribution is 1.08. The topological polar surface area (TPSA) is 116 Å². The summed E-state index contributed by atoms with van der Waals surface area (Å²) in [6, 6.07) is 187. The second kappa shape index (κ2) is 37.2. The van der Waals surface area contributed by atoms with Gasteiger partial charge >= 0.3 is 0 Å². The molecule has 0 aliphatic rings. The van der Waals surface area contributed by atoms with Crippen molar-refractivity contribution in [3.8, 4) is 136 Å². The lowest BCUT2D eigenvalue weighted by Gasteiger charge is -2.18. The zero-order chi connectivity index (χ0) is 99.1. The fourth-order valence-electron chi connectivity index (χ4n) is 22.8. The van der Waals surface area contributed by atoms with Gasteiger partial charge in [0.2, 0.25) is 0 Å². The predicted octanol–water partition coefficient (Wildman–Crippen LogP) is 36.9. The van der Waals surface area contributed by atoms with Crippen LogP contribution in [0.15, 0.2) is 528 Å². The van der Waals surface area contributed by atoms with Crippen LogP contribution in [0.3, 0.4) is 0 Å². The minimum atomic E-state index is 0.646. The lowest BCUT2D eigenvalue weighted by atomic mass is 9.87. The molecule has 0 N–H and O–H groups in total. The van der Waals surface area contributed by atoms with Crippen LogP contribution >= 0.6 is 0 Å². The molecule has 27 aromatic carbocycles. The summed E-state index contributed by atoms with van der Waals surface area (Å²) < 4.78 is 0. The van der Waals surface area contributed by atoms with E-state index in [4.69, 9.17) is 44.9 Å². The molecule has 9 nitrogen and oxygen atoms in total. The standard InChI is InChI=1S/C51H31N3.C47H29N3.C43H27N3/c1-3-15-32(16-4-1)49-52-50(33-17-5-2-6-18-33)54-51(53-49)47-31-35(30-46-42-25-12-10-22-39(42)40-23-13-14-26-44(40)48(46)47)34-27-28-43-38-21-8-7-19-36(38)37-20-9-11-24-41(37)45(43)29-34;1-3-15-30(16-4-1)45-48-46(31-17-5-2-6-18-31)50-47(49-45)43-29-33(41-27-32-19-7-8-20-34(32)35-21-9-11-24-38(35)41)28-42-39-25-12-10-22-36(39)37-23-13-14-26-40(37)44(42)43;1-3-15-29(16-4-1)41-44-42(30-17-5-2-6-18-30)46-43(45-41)39-27-31(33-25-13-19-28-14-7-8-20-32(28)33)26-38-36-23-10-9-21-34(36)35-22-11-12-24-37(35)40(38)39/h1-31H;1-29H;1-27H. The Bertz CT molecular complexity index is 10500. The first-order valence-electron chi connectivity index (χ1n) is 50.9. The van der Waals surface area contributed by atoms with Gasteiger partial charge in [0.25, 0.3) is 0 Å². The Balaban J connectivity index is 0.000000108. The molecule has 0 amide bonds. The van der Waals surface area contributed by atoms with Crippen LogP contribution in [0.4, 0.5) is 0 Å². The highest BCUT2D eigenvalue weighted by Crippen LogP contribution is 2.51. The second-order valence-corrected chi connectivity index (χ2v) is 38.3. The van der Waals surface area contributed by atoms with Gasteiger partial charge in [0.15, 0.2) is 52.4 Å². The maximum atomic E-state index is 5.27. The van der Waals surface area contributed by atoms with Crippen LogP contribution < -0.4 is 0 Å². The van der Waals surface area contributed by atoms with Gasteiger partial charge in [0.05, 0.1) is 0 Å². The van der Waals surface area contributed by atoms with Gasteiger partial charge in [-0.1, -0.05) is 479 Å². The van der Waals surface area contributed by atoms with Crippen molar-refractivity contribution < 1.29 is 0 Å². The molecule has 0 aliphatic carbocycles. The molecular formula is C141H87N9. The maximum absolute atomic E-state index is 5.27. The first-order valence-corrected chi connectivity index (χ1v) is 50.9. The van der Waals surface area contributed by atoms with Crippen molar-refractivity contribution in [1.29, 1.82) is 0 Å². The number of fused-ring (bicyclic) bond motifs is 28. The van der Waals surface area contributed by atoms with E-state index in [-0.39, 0.29) is 0 Å². The summed E-state index contributed by atoms with van der Waals surface area (Å²) >= 11 is 0. The molecule has 3 heterocycles. The van der Waals surface area contributed by atoms with Gasteiger partial charge in [-0.2, -0.15) is 0 Å². The fraction of sp³-hybridized carbons (Fsp3) is 0. The van der Waals surface area contributed by atoms with E-state index in [2.05, 4.69) is 419 Å². The third-order valence-electron chi connectivity index (χ3n) is 29.6. The predicted molar refractivity (Wildman–Crippen MR) is 627 cm³/mol. The van der Waals surface area contributed by atoms with E-state index in [9.17, 15) is 0 Å². The number of aromatic nitrogens is 9. The Morgan fingerprint density at radius 1 is 0.0867 bits per heavy atom. The van der Waals surface area contributed by atoms with Gasteiger partial charge < -0.3 is 0 Å². The highest BCUT2D eigenvalue weighted by Gasteiger charge is 2.27. The van der Waals surface area contributed by atoms with Crippen molar-refractivity contribution in [3.63, 3.8) is 0 Å². The number of benzene rings is 27. The summed E-state index contributed by atoms with van der Waals surface area (Å²) in [4.78, 5) is 46.5. The minimum absolute atomic E-state index is 0.646. The second-order valence-electron chi connectivity index (χ2n) is 38.3. The van der Waals surface area contributed by atoms with Crippen LogP contribution in [0.25, 0.3) is 297 Å². The molecule has 0 saturated carbocycles. The molecule has 0 aliphatic heterocycles. The number of hydrogen-bond acceptors (Lipinski definition) is 9. The van der Waals surface area contributed by atoms with Gasteiger partial charge in [0.1, 0.15) is 0 Å². The van der Waals surface area contributed by atoms with E-state index in [1.807, 2.05) is 109 Å². The van der Waals surface area contributed by atoms with Crippen molar-refractivity contribution in [1.82, 2.24) is 44.9 Å².